The zero-order chi connectivity index (χ0) is 13.6. The van der Waals surface area contributed by atoms with Crippen LogP contribution in [0.1, 0.15) is 58.3 Å². The van der Waals surface area contributed by atoms with E-state index in [9.17, 15) is 5.11 Å². The van der Waals surface area contributed by atoms with Crippen LogP contribution in [0.3, 0.4) is 0 Å². The number of aliphatic hydroxyl groups excluding tert-OH is 1. The van der Waals surface area contributed by atoms with Crippen LogP contribution in [0.2, 0.25) is 0 Å². The van der Waals surface area contributed by atoms with Crippen molar-refractivity contribution < 1.29 is 5.11 Å². The maximum absolute atomic E-state index is 9.64. The molecule has 1 saturated carbocycles. The van der Waals surface area contributed by atoms with Crippen molar-refractivity contribution in [1.82, 2.24) is 10.2 Å². The number of aliphatic hydroxyl groups is 1. The van der Waals surface area contributed by atoms with Crippen LogP contribution in [-0.4, -0.2) is 48.8 Å². The minimum absolute atomic E-state index is 0.188. The van der Waals surface area contributed by atoms with Crippen molar-refractivity contribution in [1.29, 1.82) is 0 Å². The topological polar surface area (TPSA) is 35.5 Å². The van der Waals surface area contributed by atoms with Crippen molar-refractivity contribution >= 4 is 0 Å². The van der Waals surface area contributed by atoms with Gasteiger partial charge in [0, 0.05) is 31.2 Å². The van der Waals surface area contributed by atoms with E-state index in [1.807, 2.05) is 0 Å². The van der Waals surface area contributed by atoms with Crippen LogP contribution in [0.25, 0.3) is 0 Å². The van der Waals surface area contributed by atoms with E-state index in [4.69, 9.17) is 0 Å². The Kier molecular flexibility index (Phi) is 6.11. The van der Waals surface area contributed by atoms with Gasteiger partial charge in [-0.1, -0.05) is 25.7 Å². The molecule has 0 aromatic heterocycles. The molecule has 0 spiro atoms. The first kappa shape index (κ1) is 15.3. The molecule has 0 radical (unpaired) electrons. The van der Waals surface area contributed by atoms with Crippen molar-refractivity contribution in [2.45, 2.75) is 64.3 Å². The largest absolute Gasteiger partial charge is 0.396 e. The number of likely N-dealkylation sites (tertiary alicyclic amines) is 1. The van der Waals surface area contributed by atoms with Crippen molar-refractivity contribution in [3.63, 3.8) is 0 Å². The summed E-state index contributed by atoms with van der Waals surface area (Å²) in [5.74, 6) is 0. The Labute approximate surface area is 118 Å². The lowest BCUT2D eigenvalue weighted by Crippen LogP contribution is -2.44. The molecule has 0 bridgehead atoms. The lowest BCUT2D eigenvalue weighted by Gasteiger charge is -2.31. The molecule has 3 nitrogen and oxygen atoms in total. The molecule has 2 rings (SSSR count). The van der Waals surface area contributed by atoms with Crippen molar-refractivity contribution in [2.24, 2.45) is 5.41 Å². The summed E-state index contributed by atoms with van der Waals surface area (Å²) in [6, 6.07) is 0.544. The Morgan fingerprint density at radius 2 is 1.68 bits per heavy atom. The Hall–Kier alpha value is -0.120. The maximum Gasteiger partial charge on any atom is 0.0499 e. The summed E-state index contributed by atoms with van der Waals surface area (Å²) in [5.41, 5.74) is 0.188. The highest BCUT2D eigenvalue weighted by molar-refractivity contribution is 4.87. The van der Waals surface area contributed by atoms with Gasteiger partial charge in [-0.05, 0) is 45.7 Å². The van der Waals surface area contributed by atoms with Crippen LogP contribution >= 0.6 is 0 Å². The molecular weight excluding hydrogens is 236 g/mol. The Bertz CT molecular complexity index is 243. The third-order valence-electron chi connectivity index (χ3n) is 5.06. The fourth-order valence-corrected chi connectivity index (χ4v) is 3.68. The standard InChI is InChI=1S/C16H32N2O/c1-15(12-18-10-6-2-3-7-11-18)17-13-16(14-19)8-4-5-9-16/h15,17,19H,2-14H2,1H3. The maximum atomic E-state index is 9.64. The summed E-state index contributed by atoms with van der Waals surface area (Å²) >= 11 is 0. The van der Waals surface area contributed by atoms with Crippen LogP contribution in [0.15, 0.2) is 0 Å². The smallest absolute Gasteiger partial charge is 0.0499 e. The second-order valence-corrected chi connectivity index (χ2v) is 6.86. The number of nitrogens with one attached hydrogen (secondary N) is 1. The molecule has 1 atom stereocenters. The first-order valence-electron chi connectivity index (χ1n) is 8.31. The van der Waals surface area contributed by atoms with Gasteiger partial charge in [0.1, 0.15) is 0 Å². The van der Waals surface area contributed by atoms with Gasteiger partial charge >= 0.3 is 0 Å². The lowest BCUT2D eigenvalue weighted by molar-refractivity contribution is 0.122. The van der Waals surface area contributed by atoms with E-state index in [0.717, 1.165) is 6.54 Å². The van der Waals surface area contributed by atoms with Gasteiger partial charge in [-0.3, -0.25) is 0 Å². The van der Waals surface area contributed by atoms with Gasteiger partial charge in [-0.2, -0.15) is 0 Å². The van der Waals surface area contributed by atoms with Crippen LogP contribution in [0, 0.1) is 5.41 Å². The van der Waals surface area contributed by atoms with Crippen molar-refractivity contribution in [2.75, 3.05) is 32.8 Å². The van der Waals surface area contributed by atoms with E-state index in [1.165, 1.54) is 71.0 Å². The normalized spacial score (nSPS) is 26.2. The lowest BCUT2D eigenvalue weighted by atomic mass is 9.87. The van der Waals surface area contributed by atoms with Gasteiger partial charge < -0.3 is 15.3 Å². The summed E-state index contributed by atoms with van der Waals surface area (Å²) in [6.45, 7) is 7.37. The molecule has 112 valence electrons. The highest BCUT2D eigenvalue weighted by Gasteiger charge is 2.33. The molecule has 1 aliphatic carbocycles. The molecule has 2 aliphatic rings. The number of nitrogens with zero attached hydrogens (tertiary/aromatic N) is 1. The molecule has 1 aliphatic heterocycles. The molecule has 0 aromatic rings. The Morgan fingerprint density at radius 3 is 2.26 bits per heavy atom. The fourth-order valence-electron chi connectivity index (χ4n) is 3.68. The van der Waals surface area contributed by atoms with E-state index in [2.05, 4.69) is 17.1 Å². The average Bonchev–Trinajstić information content (AvgIpc) is 2.75. The van der Waals surface area contributed by atoms with Crippen molar-refractivity contribution in [3.8, 4) is 0 Å². The molecule has 1 unspecified atom stereocenters. The van der Waals surface area contributed by atoms with E-state index in [1.54, 1.807) is 0 Å². The van der Waals surface area contributed by atoms with E-state index in [0.29, 0.717) is 12.6 Å². The second-order valence-electron chi connectivity index (χ2n) is 6.86. The van der Waals surface area contributed by atoms with E-state index < -0.39 is 0 Å². The van der Waals surface area contributed by atoms with Gasteiger partial charge in [0.15, 0.2) is 0 Å². The molecule has 2 fully saturated rings. The number of hydrogen-bond acceptors (Lipinski definition) is 3. The highest BCUT2D eigenvalue weighted by atomic mass is 16.3. The molecule has 19 heavy (non-hydrogen) atoms. The van der Waals surface area contributed by atoms with Gasteiger partial charge in [0.05, 0.1) is 0 Å². The number of hydrogen-bond donors (Lipinski definition) is 2. The highest BCUT2D eigenvalue weighted by Crippen LogP contribution is 2.36. The SMILES string of the molecule is CC(CN1CCCCCC1)NCC1(CO)CCCC1. The van der Waals surface area contributed by atoms with E-state index in [-0.39, 0.29) is 5.41 Å². The minimum Gasteiger partial charge on any atom is -0.396 e. The van der Waals surface area contributed by atoms with Crippen LogP contribution in [0.5, 0.6) is 0 Å². The third-order valence-corrected chi connectivity index (χ3v) is 5.06. The molecule has 0 amide bonds. The quantitative estimate of drug-likeness (QED) is 0.776. The van der Waals surface area contributed by atoms with Gasteiger partial charge in [-0.15, -0.1) is 0 Å². The first-order valence-corrected chi connectivity index (χ1v) is 8.31. The van der Waals surface area contributed by atoms with Crippen LogP contribution < -0.4 is 5.32 Å². The second kappa shape index (κ2) is 7.61. The summed E-state index contributed by atoms with van der Waals surface area (Å²) in [6.07, 6.45) is 10.5. The third kappa shape index (κ3) is 4.73. The monoisotopic (exact) mass is 268 g/mol. The van der Waals surface area contributed by atoms with Gasteiger partial charge in [0.25, 0.3) is 0 Å². The summed E-state index contributed by atoms with van der Waals surface area (Å²) in [5, 5.41) is 13.3. The van der Waals surface area contributed by atoms with E-state index >= 15 is 0 Å². The number of rotatable bonds is 6. The fraction of sp³-hybridized carbons (Fsp3) is 1.00. The van der Waals surface area contributed by atoms with Gasteiger partial charge in [-0.25, -0.2) is 0 Å². The van der Waals surface area contributed by atoms with Crippen LogP contribution in [-0.2, 0) is 0 Å². The first-order chi connectivity index (χ1) is 9.24. The van der Waals surface area contributed by atoms with Gasteiger partial charge in [0.2, 0.25) is 0 Å². The average molecular weight is 268 g/mol. The molecule has 1 saturated heterocycles. The predicted molar refractivity (Wildman–Crippen MR) is 80.4 cm³/mol. The van der Waals surface area contributed by atoms with Crippen LogP contribution in [0.4, 0.5) is 0 Å². The zero-order valence-electron chi connectivity index (χ0n) is 12.7. The minimum atomic E-state index is 0.188. The Morgan fingerprint density at radius 1 is 1.05 bits per heavy atom. The molecule has 0 aromatic carbocycles. The molecule has 1 heterocycles. The van der Waals surface area contributed by atoms with Crippen molar-refractivity contribution in [3.05, 3.63) is 0 Å². The Balaban J connectivity index is 1.69. The molecule has 3 heteroatoms. The summed E-state index contributed by atoms with van der Waals surface area (Å²) in [4.78, 5) is 2.62. The molecular formula is C16H32N2O. The predicted octanol–water partition coefficient (Wildman–Crippen LogP) is 2.39. The summed E-state index contributed by atoms with van der Waals surface area (Å²) < 4.78 is 0. The summed E-state index contributed by atoms with van der Waals surface area (Å²) in [7, 11) is 0. The zero-order valence-corrected chi connectivity index (χ0v) is 12.7. The molecule has 2 N–H and O–H groups in total.